The molecule has 5 atom stereocenters. The Hall–Kier alpha value is -0.680. The monoisotopic (exact) mass is 228 g/mol. The van der Waals surface area contributed by atoms with Gasteiger partial charge in [-0.1, -0.05) is 12.2 Å². The Balaban J connectivity index is 1.93. The molecule has 0 spiro atoms. The average molecular weight is 228 g/mol. The molecule has 2 saturated carbocycles. The third-order valence-corrected chi connectivity index (χ3v) is 4.33. The molecule has 2 bridgehead atoms. The zero-order valence-electron chi connectivity index (χ0n) is 8.29. The first kappa shape index (κ1) is 9.54. The van der Waals surface area contributed by atoms with Crippen LogP contribution in [-0.2, 0) is 19.1 Å². The van der Waals surface area contributed by atoms with Crippen LogP contribution in [-0.4, -0.2) is 26.6 Å². The normalized spacial score (nSPS) is 46.7. The van der Waals surface area contributed by atoms with Crippen LogP contribution in [0, 0.1) is 23.7 Å². The summed E-state index contributed by atoms with van der Waals surface area (Å²) in [4.78, 5) is 11.8. The second-order valence-corrected chi connectivity index (χ2v) is 6.26. The smallest absolute Gasteiger partial charge is 0.264 e. The summed E-state index contributed by atoms with van der Waals surface area (Å²) < 4.78 is 27.2. The van der Waals surface area contributed by atoms with Crippen molar-refractivity contribution in [1.29, 1.82) is 0 Å². The number of carbonyl (C=O) groups is 1. The van der Waals surface area contributed by atoms with Gasteiger partial charge in [-0.15, -0.1) is 0 Å². The fourth-order valence-corrected chi connectivity index (χ4v) is 3.97. The summed E-state index contributed by atoms with van der Waals surface area (Å²) in [6, 6.07) is 0. The first-order chi connectivity index (χ1) is 6.97. The lowest BCUT2D eigenvalue weighted by Crippen LogP contribution is -2.24. The van der Waals surface area contributed by atoms with Crippen LogP contribution >= 0.6 is 0 Å². The first-order valence-corrected chi connectivity index (χ1v) is 6.89. The number of fused-ring (bicyclic) bond motifs is 1. The second kappa shape index (κ2) is 2.71. The van der Waals surface area contributed by atoms with Crippen molar-refractivity contribution in [3.05, 3.63) is 12.2 Å². The average Bonchev–Trinajstić information content (AvgIpc) is 2.65. The molecule has 2 fully saturated rings. The lowest BCUT2D eigenvalue weighted by atomic mass is 9.86. The number of Topliss-reactive ketones (excluding diaryl/α,β-unsaturated/α-hetero) is 1. The Morgan fingerprint density at radius 1 is 1.40 bits per heavy atom. The van der Waals surface area contributed by atoms with Crippen LogP contribution < -0.4 is 0 Å². The van der Waals surface area contributed by atoms with Gasteiger partial charge in [0.25, 0.3) is 10.1 Å². The van der Waals surface area contributed by atoms with E-state index >= 15 is 0 Å². The van der Waals surface area contributed by atoms with Gasteiger partial charge in [-0.25, -0.2) is 0 Å². The number of carbonyl (C=O) groups excluding carboxylic acids is 1. The summed E-state index contributed by atoms with van der Waals surface area (Å²) in [6.45, 7) is 0. The van der Waals surface area contributed by atoms with Crippen molar-refractivity contribution in [3.8, 4) is 0 Å². The van der Waals surface area contributed by atoms with Gasteiger partial charge in [0.05, 0.1) is 12.4 Å². The third-order valence-electron chi connectivity index (χ3n) is 3.76. The largest absolute Gasteiger partial charge is 0.299 e. The molecule has 0 N–H and O–H groups in total. The van der Waals surface area contributed by atoms with Crippen LogP contribution in [0.4, 0.5) is 0 Å². The van der Waals surface area contributed by atoms with E-state index in [1.165, 1.54) is 0 Å². The highest BCUT2D eigenvalue weighted by molar-refractivity contribution is 7.86. The summed E-state index contributed by atoms with van der Waals surface area (Å²) in [7, 11) is -3.46. The van der Waals surface area contributed by atoms with Gasteiger partial charge in [-0.3, -0.25) is 8.98 Å². The molecule has 0 aromatic heterocycles. The molecule has 5 heteroatoms. The molecule has 0 amide bonds. The zero-order chi connectivity index (χ0) is 10.8. The minimum absolute atomic E-state index is 0.0808. The van der Waals surface area contributed by atoms with Crippen molar-refractivity contribution in [2.24, 2.45) is 23.7 Å². The summed E-state index contributed by atoms with van der Waals surface area (Å²) in [5, 5.41) is 0. The molecule has 0 aromatic carbocycles. The summed E-state index contributed by atoms with van der Waals surface area (Å²) in [5.41, 5.74) is 0. The number of hydrogen-bond acceptors (Lipinski definition) is 4. The van der Waals surface area contributed by atoms with E-state index < -0.39 is 16.2 Å². The summed E-state index contributed by atoms with van der Waals surface area (Å²) >= 11 is 0. The van der Waals surface area contributed by atoms with Gasteiger partial charge in [0.2, 0.25) is 0 Å². The van der Waals surface area contributed by atoms with Gasteiger partial charge in [0, 0.05) is 17.8 Å². The summed E-state index contributed by atoms with van der Waals surface area (Å²) in [5.74, 6) is 0.315. The van der Waals surface area contributed by atoms with E-state index in [1.54, 1.807) is 0 Å². The quantitative estimate of drug-likeness (QED) is 0.505. The van der Waals surface area contributed by atoms with Crippen LogP contribution in [0.25, 0.3) is 0 Å². The Kier molecular flexibility index (Phi) is 1.72. The molecule has 0 aromatic rings. The molecule has 3 aliphatic rings. The predicted octanol–water partition coefficient (Wildman–Crippen LogP) is 0.352. The van der Waals surface area contributed by atoms with E-state index in [9.17, 15) is 13.2 Å². The van der Waals surface area contributed by atoms with E-state index in [0.29, 0.717) is 5.92 Å². The van der Waals surface area contributed by atoms with Crippen molar-refractivity contribution in [2.45, 2.75) is 12.5 Å². The lowest BCUT2D eigenvalue weighted by Gasteiger charge is -2.17. The number of allylic oxidation sites excluding steroid dienone is 2. The molecule has 82 valence electrons. The van der Waals surface area contributed by atoms with Crippen LogP contribution in [0.5, 0.6) is 0 Å². The Morgan fingerprint density at radius 2 is 2.13 bits per heavy atom. The van der Waals surface area contributed by atoms with Crippen molar-refractivity contribution >= 4 is 15.9 Å². The maximum atomic E-state index is 11.8. The van der Waals surface area contributed by atoms with Crippen LogP contribution in [0.3, 0.4) is 0 Å². The fraction of sp³-hybridized carbons (Fsp3) is 0.700. The van der Waals surface area contributed by atoms with Gasteiger partial charge < -0.3 is 0 Å². The Labute approximate surface area is 88.4 Å². The van der Waals surface area contributed by atoms with E-state index in [2.05, 4.69) is 0 Å². The van der Waals surface area contributed by atoms with Gasteiger partial charge in [0.15, 0.2) is 0 Å². The van der Waals surface area contributed by atoms with Crippen molar-refractivity contribution in [3.63, 3.8) is 0 Å². The van der Waals surface area contributed by atoms with Crippen molar-refractivity contribution in [1.82, 2.24) is 0 Å². The molecule has 0 saturated heterocycles. The predicted molar refractivity (Wildman–Crippen MR) is 52.4 cm³/mol. The fourth-order valence-electron chi connectivity index (χ4n) is 3.31. The summed E-state index contributed by atoms with van der Waals surface area (Å²) in [6.07, 6.45) is 5.36. The van der Waals surface area contributed by atoms with Crippen molar-refractivity contribution < 1.29 is 17.4 Å². The molecule has 4 nitrogen and oxygen atoms in total. The minimum atomic E-state index is -3.46. The third kappa shape index (κ3) is 1.23. The van der Waals surface area contributed by atoms with Crippen LogP contribution in [0.15, 0.2) is 12.2 Å². The first-order valence-electron chi connectivity index (χ1n) is 5.08. The van der Waals surface area contributed by atoms with Gasteiger partial charge in [-0.05, 0) is 12.3 Å². The Bertz CT molecular complexity index is 450. The number of hydrogen-bond donors (Lipinski definition) is 0. The van der Waals surface area contributed by atoms with Crippen LogP contribution in [0.2, 0.25) is 0 Å². The highest BCUT2D eigenvalue weighted by Gasteiger charge is 2.61. The zero-order valence-corrected chi connectivity index (χ0v) is 9.11. The highest BCUT2D eigenvalue weighted by Crippen LogP contribution is 2.55. The molecular formula is C10H12O4S. The van der Waals surface area contributed by atoms with E-state index in [0.717, 1.165) is 12.7 Å². The molecular weight excluding hydrogens is 216 g/mol. The molecule has 15 heavy (non-hydrogen) atoms. The second-order valence-electron chi connectivity index (χ2n) is 4.66. The molecule has 3 aliphatic carbocycles. The van der Waals surface area contributed by atoms with E-state index in [1.807, 2.05) is 12.2 Å². The minimum Gasteiger partial charge on any atom is -0.299 e. The van der Waals surface area contributed by atoms with E-state index in [4.69, 9.17) is 4.18 Å². The van der Waals surface area contributed by atoms with Gasteiger partial charge in [0.1, 0.15) is 5.78 Å². The molecule has 0 heterocycles. The molecule has 3 rings (SSSR count). The molecule has 0 radical (unpaired) electrons. The highest BCUT2D eigenvalue weighted by atomic mass is 32.2. The maximum Gasteiger partial charge on any atom is 0.264 e. The Morgan fingerprint density at radius 3 is 2.80 bits per heavy atom. The molecule has 0 aliphatic heterocycles. The molecule has 0 unspecified atom stereocenters. The SMILES string of the molecule is CS(=O)(=O)O[C@H]1[C@H]2[C@@H]3C=C[C@H]2C(=O)[C@H]1C3. The lowest BCUT2D eigenvalue weighted by molar-refractivity contribution is -0.124. The number of ketones is 1. The van der Waals surface area contributed by atoms with Gasteiger partial charge >= 0.3 is 0 Å². The van der Waals surface area contributed by atoms with Crippen LogP contribution in [0.1, 0.15) is 6.42 Å². The van der Waals surface area contributed by atoms with E-state index in [-0.39, 0.29) is 23.5 Å². The number of rotatable bonds is 2. The van der Waals surface area contributed by atoms with Crippen molar-refractivity contribution in [2.75, 3.05) is 6.26 Å². The van der Waals surface area contributed by atoms with Gasteiger partial charge in [-0.2, -0.15) is 8.42 Å². The maximum absolute atomic E-state index is 11.8. The standard InChI is InChI=1S/C10H12O4S/c1-15(12,13)14-10-7-4-5-2-3-6(8(5)10)9(7)11/h2-3,5-8,10H,4H2,1H3/t5-,6-,7-,8+,10-/m1/s1. The topological polar surface area (TPSA) is 60.4 Å².